The van der Waals surface area contributed by atoms with Crippen molar-refractivity contribution in [3.63, 3.8) is 0 Å². The highest BCUT2D eigenvalue weighted by Gasteiger charge is 2.45. The number of ether oxygens (including phenoxy) is 1. The molecule has 0 bridgehead atoms. The van der Waals surface area contributed by atoms with Gasteiger partial charge in [0, 0.05) is 30.1 Å². The Balaban J connectivity index is 1.75. The zero-order valence-corrected chi connectivity index (χ0v) is 20.7. The van der Waals surface area contributed by atoms with Crippen LogP contribution in [-0.2, 0) is 28.5 Å². The van der Waals surface area contributed by atoms with Gasteiger partial charge >= 0.3 is 18.3 Å². The molecule has 0 fully saturated rings. The maximum Gasteiger partial charge on any atom is 0.416 e. The van der Waals surface area contributed by atoms with Crippen LogP contribution in [0, 0.1) is 12.8 Å². The van der Waals surface area contributed by atoms with Crippen LogP contribution in [0.15, 0.2) is 60.7 Å². The number of aryl methyl sites for hydroxylation is 1. The summed E-state index contributed by atoms with van der Waals surface area (Å²) in [5, 5.41) is 0.323. The predicted molar refractivity (Wildman–Crippen MR) is 127 cm³/mol. The first-order valence-electron chi connectivity index (χ1n) is 11.3. The highest BCUT2D eigenvalue weighted by molar-refractivity contribution is 6.30. The second-order valence-electron chi connectivity index (χ2n) is 9.02. The highest BCUT2D eigenvalue weighted by Crippen LogP contribution is 2.45. The van der Waals surface area contributed by atoms with Crippen molar-refractivity contribution in [2.45, 2.75) is 31.7 Å². The van der Waals surface area contributed by atoms with E-state index < -0.39 is 59.3 Å². The summed E-state index contributed by atoms with van der Waals surface area (Å²) in [6.07, 6.45) is -10.1. The Bertz CT molecular complexity index is 1370. The summed E-state index contributed by atoms with van der Waals surface area (Å²) in [5.74, 6) is -3.84. The van der Waals surface area contributed by atoms with E-state index in [1.807, 2.05) is 0 Å². The molecule has 2 atom stereocenters. The highest BCUT2D eigenvalue weighted by atomic mass is 35.5. The first-order chi connectivity index (χ1) is 17.7. The number of carbonyl (C=O) groups is 2. The molecular weight excluding hydrogens is 536 g/mol. The summed E-state index contributed by atoms with van der Waals surface area (Å²) >= 11 is 6.19. The van der Waals surface area contributed by atoms with Crippen LogP contribution in [0.5, 0.6) is 5.75 Å². The van der Waals surface area contributed by atoms with Gasteiger partial charge in [-0.05, 0) is 60.0 Å². The lowest BCUT2D eigenvalue weighted by Gasteiger charge is -2.34. The number of halogens is 7. The van der Waals surface area contributed by atoms with Crippen molar-refractivity contribution in [2.75, 3.05) is 7.05 Å². The fourth-order valence-corrected chi connectivity index (χ4v) is 4.75. The van der Waals surface area contributed by atoms with Crippen LogP contribution < -0.4 is 4.74 Å². The average molecular weight is 556 g/mol. The van der Waals surface area contributed by atoms with Crippen LogP contribution in [0.3, 0.4) is 0 Å². The van der Waals surface area contributed by atoms with Crippen LogP contribution in [0.25, 0.3) is 0 Å². The molecule has 0 N–H and O–H groups in total. The number of hydrogen-bond donors (Lipinski definition) is 0. The summed E-state index contributed by atoms with van der Waals surface area (Å²) in [7, 11) is 1.20. The first kappa shape index (κ1) is 27.5. The summed E-state index contributed by atoms with van der Waals surface area (Å²) < 4.78 is 85.2. The van der Waals surface area contributed by atoms with Crippen LogP contribution in [0.1, 0.15) is 39.3 Å². The number of esters is 1. The summed E-state index contributed by atoms with van der Waals surface area (Å²) in [5.41, 5.74) is -1.56. The molecule has 3 aromatic rings. The zero-order chi connectivity index (χ0) is 28.0. The molecular formula is C27H20ClF6NO3. The molecule has 3 aromatic carbocycles. The van der Waals surface area contributed by atoms with Gasteiger partial charge in [0.25, 0.3) is 0 Å². The second-order valence-corrected chi connectivity index (χ2v) is 9.46. The molecule has 0 saturated carbocycles. The lowest BCUT2D eigenvalue weighted by atomic mass is 9.76. The molecule has 1 aliphatic heterocycles. The minimum absolute atomic E-state index is 0.0126. The monoisotopic (exact) mass is 555 g/mol. The van der Waals surface area contributed by atoms with Gasteiger partial charge in [-0.1, -0.05) is 35.9 Å². The Hall–Kier alpha value is -3.53. The van der Waals surface area contributed by atoms with E-state index >= 15 is 0 Å². The summed E-state index contributed by atoms with van der Waals surface area (Å²) in [4.78, 5) is 27.6. The Morgan fingerprint density at radius 3 is 2.11 bits per heavy atom. The molecule has 0 saturated heterocycles. The van der Waals surface area contributed by atoms with E-state index in [1.165, 1.54) is 19.2 Å². The van der Waals surface area contributed by atoms with Crippen molar-refractivity contribution < 1.29 is 40.7 Å². The fraction of sp³-hybridized carbons (Fsp3) is 0.259. The van der Waals surface area contributed by atoms with E-state index in [9.17, 15) is 35.9 Å². The lowest BCUT2D eigenvalue weighted by molar-refractivity contribution is -0.151. The van der Waals surface area contributed by atoms with Crippen molar-refractivity contribution in [2.24, 2.45) is 5.92 Å². The van der Waals surface area contributed by atoms with Gasteiger partial charge in [0.2, 0.25) is 5.91 Å². The third kappa shape index (κ3) is 5.50. The summed E-state index contributed by atoms with van der Waals surface area (Å²) in [6.45, 7) is 1.17. The number of nitrogens with zero attached hydrogens (tertiary/aromatic N) is 1. The Morgan fingerprint density at radius 2 is 1.53 bits per heavy atom. The standard InChI is InChI=1S/C27H20ClF6NO3/c1-14-5-3-4-6-19(14)22-20-12-18(28)7-8-21(20)38-25(37)23(22)24(36)35(2)13-15-9-16(26(29,30)31)11-17(10-15)27(32,33)34/h3-12,22-23H,13H2,1-2H3. The molecule has 2 unspecified atom stereocenters. The largest absolute Gasteiger partial charge is 0.426 e. The quantitative estimate of drug-likeness (QED) is 0.151. The van der Waals surface area contributed by atoms with E-state index in [0.29, 0.717) is 28.3 Å². The third-order valence-corrected chi connectivity index (χ3v) is 6.57. The van der Waals surface area contributed by atoms with Crippen molar-refractivity contribution >= 4 is 23.5 Å². The molecule has 4 rings (SSSR count). The maximum absolute atomic E-state index is 13.6. The minimum Gasteiger partial charge on any atom is -0.426 e. The van der Waals surface area contributed by atoms with Crippen LogP contribution >= 0.6 is 11.6 Å². The molecule has 0 spiro atoms. The van der Waals surface area contributed by atoms with Crippen LogP contribution in [-0.4, -0.2) is 23.8 Å². The van der Waals surface area contributed by atoms with E-state index in [-0.39, 0.29) is 11.8 Å². The van der Waals surface area contributed by atoms with Gasteiger partial charge in [-0.15, -0.1) is 0 Å². The van der Waals surface area contributed by atoms with Gasteiger partial charge in [0.1, 0.15) is 11.7 Å². The molecule has 11 heteroatoms. The van der Waals surface area contributed by atoms with Gasteiger partial charge in [0.15, 0.2) is 0 Å². The van der Waals surface area contributed by atoms with E-state index in [2.05, 4.69) is 0 Å². The Morgan fingerprint density at radius 1 is 0.921 bits per heavy atom. The molecule has 4 nitrogen and oxygen atoms in total. The molecule has 38 heavy (non-hydrogen) atoms. The third-order valence-electron chi connectivity index (χ3n) is 6.34. The van der Waals surface area contributed by atoms with E-state index in [0.717, 1.165) is 10.5 Å². The minimum atomic E-state index is -5.04. The molecule has 0 aromatic heterocycles. The Labute approximate surface area is 218 Å². The second kappa shape index (κ2) is 9.98. The number of rotatable bonds is 4. The molecule has 0 radical (unpaired) electrons. The molecule has 1 aliphatic rings. The lowest BCUT2D eigenvalue weighted by Crippen LogP contribution is -2.44. The molecule has 0 aliphatic carbocycles. The van der Waals surface area contributed by atoms with Crippen molar-refractivity contribution in [3.8, 4) is 5.75 Å². The number of carbonyl (C=O) groups excluding carboxylic acids is 2. The maximum atomic E-state index is 13.6. The number of benzene rings is 3. The normalized spacial score (nSPS) is 17.6. The van der Waals surface area contributed by atoms with Gasteiger partial charge in [-0.3, -0.25) is 9.59 Å². The van der Waals surface area contributed by atoms with E-state index in [1.54, 1.807) is 37.3 Å². The van der Waals surface area contributed by atoms with E-state index in [4.69, 9.17) is 16.3 Å². The number of fused-ring (bicyclic) bond motifs is 1. The smallest absolute Gasteiger partial charge is 0.416 e. The number of amides is 1. The predicted octanol–water partition coefficient (Wildman–Crippen LogP) is 7.01. The topological polar surface area (TPSA) is 46.6 Å². The SMILES string of the molecule is Cc1ccccc1C1c2cc(Cl)ccc2OC(=O)C1C(=O)N(C)Cc1cc(C(F)(F)F)cc(C(F)(F)F)c1. The number of hydrogen-bond acceptors (Lipinski definition) is 3. The zero-order valence-electron chi connectivity index (χ0n) is 20.0. The van der Waals surface area contributed by atoms with Crippen molar-refractivity contribution in [1.29, 1.82) is 0 Å². The average Bonchev–Trinajstić information content (AvgIpc) is 2.82. The van der Waals surface area contributed by atoms with Gasteiger partial charge < -0.3 is 9.64 Å². The summed E-state index contributed by atoms with van der Waals surface area (Å²) in [6, 6.07) is 12.7. The van der Waals surface area contributed by atoms with Crippen molar-refractivity contribution in [3.05, 3.63) is 99.1 Å². The van der Waals surface area contributed by atoms with Gasteiger partial charge in [0.05, 0.1) is 11.1 Å². The molecule has 200 valence electrons. The van der Waals surface area contributed by atoms with Gasteiger partial charge in [-0.2, -0.15) is 26.3 Å². The number of alkyl halides is 6. The first-order valence-corrected chi connectivity index (χ1v) is 11.6. The Kier molecular flexibility index (Phi) is 7.22. The van der Waals surface area contributed by atoms with Crippen molar-refractivity contribution in [1.82, 2.24) is 4.90 Å². The van der Waals surface area contributed by atoms with Crippen LogP contribution in [0.2, 0.25) is 5.02 Å². The van der Waals surface area contributed by atoms with Crippen LogP contribution in [0.4, 0.5) is 26.3 Å². The van der Waals surface area contributed by atoms with Gasteiger partial charge in [-0.25, -0.2) is 0 Å². The molecule has 1 amide bonds. The fourth-order valence-electron chi connectivity index (χ4n) is 4.57. The molecule has 1 heterocycles.